The van der Waals surface area contributed by atoms with Crippen molar-refractivity contribution in [1.82, 2.24) is 0 Å². The van der Waals surface area contributed by atoms with E-state index >= 15 is 0 Å². The van der Waals surface area contributed by atoms with Crippen LogP contribution >= 0.6 is 0 Å². The van der Waals surface area contributed by atoms with Crippen molar-refractivity contribution >= 4 is 34.2 Å². The number of carbonyl (C=O) groups is 2. The number of halogens is 6. The highest BCUT2D eigenvalue weighted by Gasteiger charge is 2.38. The minimum atomic E-state index is -5.36. The van der Waals surface area contributed by atoms with Crippen LogP contribution in [0.4, 0.5) is 35.9 Å². The number of hydrogen-bond donors (Lipinski definition) is 0. The molecule has 16 heteroatoms. The first kappa shape index (κ1) is 22.7. The van der Waals surface area contributed by atoms with Gasteiger partial charge >= 0.3 is 36.3 Å². The van der Waals surface area contributed by atoms with Gasteiger partial charge in [-0.15, -0.1) is 0 Å². The second-order valence-electron chi connectivity index (χ2n) is 6.30. The Morgan fingerprint density at radius 3 is 1.26 bits per heavy atom. The van der Waals surface area contributed by atoms with Gasteiger partial charge in [-0.3, -0.25) is 0 Å². The number of cyclic esters (lactones) is 2. The highest BCUT2D eigenvalue weighted by Crippen LogP contribution is 2.44. The predicted molar refractivity (Wildman–Crippen MR) is 91.6 cm³/mol. The Kier molecular flexibility index (Phi) is 5.02. The summed E-state index contributed by atoms with van der Waals surface area (Å²) in [4.78, 5) is 47.3. The van der Waals surface area contributed by atoms with Crippen LogP contribution in [0.25, 0.3) is 21.9 Å². The molecule has 0 unspecified atom stereocenters. The van der Waals surface area contributed by atoms with Gasteiger partial charge in [0.05, 0.1) is 11.1 Å². The monoisotopic (exact) mass is 494 g/mol. The molecule has 6 bridgehead atoms. The van der Waals surface area contributed by atoms with Crippen molar-refractivity contribution in [3.8, 4) is 11.5 Å². The molecule has 34 heavy (non-hydrogen) atoms. The zero-order chi connectivity index (χ0) is 25.0. The lowest BCUT2D eigenvalue weighted by Crippen LogP contribution is -2.19. The van der Waals surface area contributed by atoms with E-state index in [2.05, 4.69) is 27.5 Å². The summed E-state index contributed by atoms with van der Waals surface area (Å²) < 4.78 is 109. The van der Waals surface area contributed by atoms with Crippen LogP contribution in [0, 0.1) is 0 Å². The van der Waals surface area contributed by atoms with Gasteiger partial charge in [-0.05, 0) is 35.0 Å². The van der Waals surface area contributed by atoms with Crippen LogP contribution < -0.4 is 21.1 Å². The standard InChI is InChI=1S/C18H4F6O10/c19-17(20,21)7-3-11-9-1-5(7)6-2-10(30-14(26)33-13(25)29-9)12(4-8(6)18(22,23)24)32-16(28)34-15(27)31-11/h1-4H. The van der Waals surface area contributed by atoms with Crippen LogP contribution in [-0.4, -0.2) is 12.3 Å². The quantitative estimate of drug-likeness (QED) is 0.188. The fourth-order valence-electron chi connectivity index (χ4n) is 2.93. The molecule has 0 fully saturated rings. The third kappa shape index (κ3) is 4.24. The number of ether oxygens (including phenoxy) is 3. The fraction of sp³-hybridized carbons (Fsp3) is 0.111. The molecule has 0 saturated carbocycles. The van der Waals surface area contributed by atoms with Gasteiger partial charge in [-0.1, -0.05) is 0 Å². The van der Waals surface area contributed by atoms with Crippen molar-refractivity contribution in [2.75, 3.05) is 0 Å². The number of carbonyl (C=O) groups excluding carboxylic acids is 2. The Bertz CT molecular complexity index is 1420. The molecule has 0 aliphatic carbocycles. The van der Waals surface area contributed by atoms with Crippen LogP contribution in [0.15, 0.2) is 47.1 Å². The maximum Gasteiger partial charge on any atom is 0.524 e. The molecule has 4 aromatic rings. The molecule has 3 heterocycles. The minimum Gasteiger partial charge on any atom is -0.391 e. The number of benzene rings is 2. The van der Waals surface area contributed by atoms with Crippen molar-refractivity contribution in [2.24, 2.45) is 0 Å². The maximum absolute atomic E-state index is 13.8. The summed E-state index contributed by atoms with van der Waals surface area (Å²) in [5.41, 5.74) is -6.06. The second kappa shape index (κ2) is 7.53. The fourth-order valence-corrected chi connectivity index (χ4v) is 2.93. The van der Waals surface area contributed by atoms with E-state index < -0.39 is 80.9 Å². The molecule has 0 saturated heterocycles. The second-order valence-corrected chi connectivity index (χ2v) is 6.30. The Morgan fingerprint density at radius 2 is 0.912 bits per heavy atom. The normalized spacial score (nSPS) is 14.1. The van der Waals surface area contributed by atoms with E-state index in [1.807, 2.05) is 0 Å². The summed E-state index contributed by atoms with van der Waals surface area (Å²) in [5, 5.41) is -2.47. The first-order chi connectivity index (χ1) is 15.7. The van der Waals surface area contributed by atoms with Crippen LogP contribution in [0.3, 0.4) is 0 Å². The Balaban J connectivity index is 2.45. The van der Waals surface area contributed by atoms with Gasteiger partial charge in [0.15, 0.2) is 22.7 Å². The third-order valence-corrected chi connectivity index (χ3v) is 4.18. The first-order valence-corrected chi connectivity index (χ1v) is 8.46. The molecule has 0 spiro atoms. The zero-order valence-electron chi connectivity index (χ0n) is 15.7. The molecule has 0 radical (unpaired) electrons. The van der Waals surface area contributed by atoms with Crippen LogP contribution in [-0.2, 0) is 17.1 Å². The average molecular weight is 494 g/mol. The smallest absolute Gasteiger partial charge is 0.391 e. The van der Waals surface area contributed by atoms with Gasteiger partial charge in [-0.2, -0.15) is 26.3 Å². The Hall–Kier alpha value is -4.50. The van der Waals surface area contributed by atoms with E-state index in [1.165, 1.54) is 0 Å². The van der Waals surface area contributed by atoms with Crippen molar-refractivity contribution in [3.63, 3.8) is 0 Å². The first-order valence-electron chi connectivity index (χ1n) is 8.46. The van der Waals surface area contributed by atoms with Crippen LogP contribution in [0.5, 0.6) is 11.5 Å². The summed E-state index contributed by atoms with van der Waals surface area (Å²) in [5.74, 6) is -6.23. The maximum atomic E-state index is 13.8. The number of fused-ring (bicyclic) bond motifs is 6. The van der Waals surface area contributed by atoms with E-state index in [0.717, 1.165) is 0 Å². The van der Waals surface area contributed by atoms with Gasteiger partial charge in [-0.25, -0.2) is 19.2 Å². The topological polar surface area (TPSA) is 135 Å². The lowest BCUT2D eigenvalue weighted by molar-refractivity contribution is -0.138. The molecule has 1 aliphatic rings. The van der Waals surface area contributed by atoms with E-state index in [9.17, 15) is 45.5 Å². The Labute approximate surface area is 179 Å². The molecular weight excluding hydrogens is 490 g/mol. The average Bonchev–Trinajstić information content (AvgIpc) is 2.67. The molecule has 2 aromatic heterocycles. The summed E-state index contributed by atoms with van der Waals surface area (Å²) in [6.07, 6.45) is -14.6. The van der Waals surface area contributed by atoms with Crippen molar-refractivity contribution in [2.45, 2.75) is 12.4 Å². The zero-order valence-corrected chi connectivity index (χ0v) is 15.7. The number of alkyl halides is 6. The predicted octanol–water partition coefficient (Wildman–Crippen LogP) is 4.68. The minimum absolute atomic E-state index is 0.0107. The third-order valence-electron chi connectivity index (χ3n) is 4.18. The molecular formula is C18H4F6O10. The lowest BCUT2D eigenvalue weighted by atomic mass is 10.00. The van der Waals surface area contributed by atoms with Gasteiger partial charge in [0.2, 0.25) is 0 Å². The van der Waals surface area contributed by atoms with Crippen LogP contribution in [0.2, 0.25) is 0 Å². The van der Waals surface area contributed by atoms with Gasteiger partial charge in [0, 0.05) is 0 Å². The summed E-state index contributed by atoms with van der Waals surface area (Å²) in [6, 6.07) is 0.571. The van der Waals surface area contributed by atoms with Crippen LogP contribution in [0.1, 0.15) is 11.1 Å². The largest absolute Gasteiger partial charge is 0.524 e. The molecule has 0 N–H and O–H groups in total. The molecule has 0 amide bonds. The molecule has 0 atom stereocenters. The Morgan fingerprint density at radius 1 is 0.529 bits per heavy atom. The number of rotatable bonds is 0. The van der Waals surface area contributed by atoms with Crippen molar-refractivity contribution in [3.05, 3.63) is 56.6 Å². The molecule has 10 nitrogen and oxygen atoms in total. The van der Waals surface area contributed by atoms with Gasteiger partial charge < -0.3 is 27.5 Å². The van der Waals surface area contributed by atoms with E-state index in [4.69, 9.17) is 0 Å². The molecule has 2 aromatic carbocycles. The summed E-state index contributed by atoms with van der Waals surface area (Å²) in [6.45, 7) is 0. The molecule has 5 rings (SSSR count). The lowest BCUT2D eigenvalue weighted by Gasteiger charge is -2.14. The van der Waals surface area contributed by atoms with Crippen molar-refractivity contribution < 1.29 is 63.4 Å². The SMILES string of the molecule is O=C1OC(=O)Oc2cc3c(C(F)(F)F)cc2oc(=O)oc(=O)oc2cc(C(F)(F)F)c3cc2O1. The van der Waals surface area contributed by atoms with Gasteiger partial charge in [0.25, 0.3) is 0 Å². The van der Waals surface area contributed by atoms with Crippen molar-refractivity contribution in [1.29, 1.82) is 0 Å². The van der Waals surface area contributed by atoms with Gasteiger partial charge in [0.1, 0.15) is 0 Å². The van der Waals surface area contributed by atoms with E-state index in [-0.39, 0.29) is 24.3 Å². The molecule has 178 valence electrons. The highest BCUT2D eigenvalue weighted by atomic mass is 19.4. The van der Waals surface area contributed by atoms with E-state index in [0.29, 0.717) is 0 Å². The highest BCUT2D eigenvalue weighted by molar-refractivity contribution is 5.95. The summed E-state index contributed by atoms with van der Waals surface area (Å²) >= 11 is 0. The summed E-state index contributed by atoms with van der Waals surface area (Å²) in [7, 11) is 0. The van der Waals surface area contributed by atoms with E-state index in [1.54, 1.807) is 0 Å². The number of hydrogen-bond acceptors (Lipinski definition) is 10. The molecule has 1 aliphatic heterocycles.